The van der Waals surface area contributed by atoms with Gasteiger partial charge in [0.2, 0.25) is 5.78 Å². The van der Waals surface area contributed by atoms with E-state index in [1.54, 1.807) is 18.5 Å². The van der Waals surface area contributed by atoms with Crippen LogP contribution in [0.2, 0.25) is 0 Å². The summed E-state index contributed by atoms with van der Waals surface area (Å²) in [6.45, 7) is 5.10. The van der Waals surface area contributed by atoms with E-state index in [-0.39, 0.29) is 81.1 Å². The van der Waals surface area contributed by atoms with E-state index < -0.39 is 57.9 Å². The second-order valence-electron chi connectivity index (χ2n) is 8.96. The average Bonchev–Trinajstić information content (AvgIpc) is 2.79. The normalized spacial score (nSPS) is 27.5. The van der Waals surface area contributed by atoms with Crippen LogP contribution < -0.4 is 5.73 Å². The van der Waals surface area contributed by atoms with E-state index in [9.17, 15) is 39.6 Å². The number of carbonyl (C=O) groups excluding carboxylic acids is 4. The largest absolute Gasteiger partial charge is 0.538 e. The number of nitrogens with zero attached hydrogens (tertiary/aromatic N) is 1. The minimum absolute atomic E-state index is 0. The van der Waals surface area contributed by atoms with Crippen LogP contribution in [0.3, 0.4) is 0 Å². The molecule has 1 fully saturated rings. The molecule has 3 aliphatic rings. The van der Waals surface area contributed by atoms with Crippen molar-refractivity contribution < 1.29 is 72.3 Å². The zero-order valence-electron chi connectivity index (χ0n) is 18.9. The summed E-state index contributed by atoms with van der Waals surface area (Å²) in [6, 6.07) is 3.25. The summed E-state index contributed by atoms with van der Waals surface area (Å²) in [4.78, 5) is 50.2. The van der Waals surface area contributed by atoms with Crippen molar-refractivity contribution in [3.8, 4) is 5.75 Å². The number of aromatic hydroxyl groups is 1. The maximum atomic E-state index is 13.6. The van der Waals surface area contributed by atoms with Crippen molar-refractivity contribution in [2.45, 2.75) is 31.9 Å². The third-order valence-electron chi connectivity index (χ3n) is 7.25. The molecule has 4 rings (SSSR count). The molecule has 0 saturated heterocycles. The number of primary amides is 1. The summed E-state index contributed by atoms with van der Waals surface area (Å²) < 4.78 is 0. The van der Waals surface area contributed by atoms with Gasteiger partial charge in [0.1, 0.15) is 22.8 Å². The van der Waals surface area contributed by atoms with E-state index in [2.05, 4.69) is 6.92 Å². The number of fused-ring (bicyclic) bond motifs is 3. The number of nitrogens with two attached hydrogens (primary N) is 1. The Labute approximate surface area is 226 Å². The third kappa shape index (κ3) is 3.82. The van der Waals surface area contributed by atoms with Crippen molar-refractivity contribution in [2.24, 2.45) is 23.5 Å². The second kappa shape index (κ2) is 9.48. The van der Waals surface area contributed by atoms with Crippen LogP contribution in [-0.4, -0.2) is 61.4 Å². The number of hydrogen-bond donors (Lipinski definition) is 5. The van der Waals surface area contributed by atoms with Crippen molar-refractivity contribution in [3.63, 3.8) is 0 Å². The number of phenolic OH excluding ortho intramolecular Hbond substituents is 1. The fourth-order valence-electron chi connectivity index (χ4n) is 5.45. The molecule has 35 heavy (non-hydrogen) atoms. The molecule has 1 aromatic carbocycles. The fourth-order valence-corrected chi connectivity index (χ4v) is 5.45. The molecule has 1 saturated carbocycles. The molecule has 3 aliphatic carbocycles. The molecule has 11 heteroatoms. The zero-order chi connectivity index (χ0) is 25.1. The molecule has 0 spiro atoms. The van der Waals surface area contributed by atoms with Crippen LogP contribution in [0.5, 0.6) is 5.75 Å². The van der Waals surface area contributed by atoms with Gasteiger partial charge in [-0.25, -0.2) is 0 Å². The number of phenols is 1. The smallest absolute Gasteiger partial charge is 0.255 e. The van der Waals surface area contributed by atoms with Crippen LogP contribution in [0.1, 0.15) is 30.0 Å². The number of carbonyl (C=O) groups is 3. The average molecular weight is 557 g/mol. The summed E-state index contributed by atoms with van der Waals surface area (Å²) in [6.07, 6.45) is 1.96. The Bertz CT molecular complexity index is 1210. The predicted molar refractivity (Wildman–Crippen MR) is 117 cm³/mol. The maximum absolute atomic E-state index is 13.6. The van der Waals surface area contributed by atoms with Crippen molar-refractivity contribution in [2.75, 3.05) is 6.54 Å². The maximum Gasteiger partial charge on any atom is 0.255 e. The van der Waals surface area contributed by atoms with Crippen LogP contribution in [0.4, 0.5) is 0 Å². The molecular formula is C24H24N2O8Y-2. The van der Waals surface area contributed by atoms with Gasteiger partial charge in [-0.2, -0.15) is 6.41 Å². The third-order valence-corrected chi connectivity index (χ3v) is 7.25. The Kier molecular flexibility index (Phi) is 7.32. The summed E-state index contributed by atoms with van der Waals surface area (Å²) >= 11 is 0. The zero-order valence-corrected chi connectivity index (χ0v) is 21.8. The van der Waals surface area contributed by atoms with E-state index in [4.69, 9.17) is 5.73 Å². The van der Waals surface area contributed by atoms with Crippen molar-refractivity contribution in [3.05, 3.63) is 52.7 Å². The topological polar surface area (TPSA) is 178 Å². The summed E-state index contributed by atoms with van der Waals surface area (Å²) in [5.41, 5.74) is 2.35. The van der Waals surface area contributed by atoms with Crippen molar-refractivity contribution >= 4 is 29.6 Å². The monoisotopic (exact) mass is 557 g/mol. The Morgan fingerprint density at radius 2 is 1.94 bits per heavy atom. The molecule has 0 aromatic heterocycles. The Morgan fingerprint density at radius 1 is 1.29 bits per heavy atom. The minimum atomic E-state index is -2.63. The minimum Gasteiger partial charge on any atom is -0.538 e. The number of hydrogen-bond acceptors (Lipinski definition) is 8. The van der Waals surface area contributed by atoms with Crippen molar-refractivity contribution in [1.29, 1.82) is 0 Å². The first-order chi connectivity index (χ1) is 16.0. The van der Waals surface area contributed by atoms with E-state index in [0.29, 0.717) is 5.56 Å². The fraction of sp³-hybridized carbons (Fsp3) is 0.375. The van der Waals surface area contributed by atoms with Gasteiger partial charge in [0.15, 0.2) is 11.4 Å². The van der Waals surface area contributed by atoms with Gasteiger partial charge in [-0.1, -0.05) is 19.1 Å². The molecule has 1 aromatic rings. The van der Waals surface area contributed by atoms with Gasteiger partial charge in [-0.05, 0) is 24.3 Å². The van der Waals surface area contributed by atoms with Crippen LogP contribution in [-0.2, 0) is 64.9 Å². The first-order valence-corrected chi connectivity index (χ1v) is 10.7. The predicted octanol–water partition coefficient (Wildman–Crippen LogP) is 0.371. The molecule has 0 aliphatic heterocycles. The van der Waals surface area contributed by atoms with E-state index >= 15 is 0 Å². The second-order valence-corrected chi connectivity index (χ2v) is 8.96. The number of amides is 2. The molecule has 4 atom stereocenters. The molecule has 6 N–H and O–H groups in total. The van der Waals surface area contributed by atoms with Crippen LogP contribution in [0.25, 0.3) is 5.76 Å². The number of Topliss-reactive ketones (excluding diaryl/α,β-unsaturated/α-hetero) is 2. The summed E-state index contributed by atoms with van der Waals surface area (Å²) in [7, 11) is 0. The molecule has 0 heterocycles. The number of ketones is 2. The van der Waals surface area contributed by atoms with Crippen LogP contribution in [0.15, 0.2) is 29.0 Å². The molecule has 2 amide bonds. The number of benzene rings is 1. The SMILES string of the molecule is [CH2-]CN([C-]=O)Cc1ccc2c(c1O)C(O)=C1C(=O)[C@]3(O)C(O)=C(C(N)=O)C(=O)[C@@H](C)C3CC1C2.[Y]. The molecule has 183 valence electrons. The van der Waals surface area contributed by atoms with Crippen LogP contribution >= 0.6 is 0 Å². The first-order valence-electron chi connectivity index (χ1n) is 10.7. The van der Waals surface area contributed by atoms with Gasteiger partial charge in [-0.3, -0.25) is 14.4 Å². The molecular weight excluding hydrogens is 533 g/mol. The van der Waals surface area contributed by atoms with E-state index in [0.717, 1.165) is 0 Å². The molecule has 10 nitrogen and oxygen atoms in total. The standard InChI is InChI=1S/C24H24N2O8.Y/c1-3-26(9-27)8-12-5-4-11-6-13-7-14-10(2)18(28)17(23(25)33)22(32)24(14,34)21(31)16(13)20(30)15(11)19(12)29;/h4-5,10,13-14,29-30,32,34H,1,3,6-8H2,2H3,(H2,25,33);/q-2;/t10-,13?,14?,24-;/m0./s1. The van der Waals surface area contributed by atoms with Gasteiger partial charge in [-0.15, -0.1) is 6.54 Å². The quantitative estimate of drug-likeness (QED) is 0.196. The Balaban J connectivity index is 0.00000342. The van der Waals surface area contributed by atoms with Gasteiger partial charge in [0.25, 0.3) is 5.91 Å². The molecule has 1 radical (unpaired) electrons. The Hall–Kier alpha value is -2.56. The van der Waals surface area contributed by atoms with Gasteiger partial charge in [0.05, 0.1) is 5.56 Å². The number of rotatable bonds is 5. The first kappa shape index (κ1) is 27.0. The van der Waals surface area contributed by atoms with Gasteiger partial charge >= 0.3 is 0 Å². The molecule has 0 bridgehead atoms. The van der Waals surface area contributed by atoms with Gasteiger partial charge in [0, 0.05) is 62.2 Å². The van der Waals surface area contributed by atoms with E-state index in [1.807, 2.05) is 0 Å². The van der Waals surface area contributed by atoms with Crippen LogP contribution in [0, 0.1) is 24.7 Å². The summed E-state index contributed by atoms with van der Waals surface area (Å²) in [5.74, 6) is -7.75. The Morgan fingerprint density at radius 3 is 2.51 bits per heavy atom. The molecule has 2 unspecified atom stereocenters. The van der Waals surface area contributed by atoms with E-state index in [1.165, 1.54) is 11.8 Å². The summed E-state index contributed by atoms with van der Waals surface area (Å²) in [5, 5.41) is 44.0. The van der Waals surface area contributed by atoms with Crippen molar-refractivity contribution in [1.82, 2.24) is 4.90 Å². The number of aliphatic hydroxyl groups is 3. The van der Waals surface area contributed by atoms with Gasteiger partial charge < -0.3 is 42.8 Å². The number of aliphatic hydroxyl groups excluding tert-OH is 2.